The van der Waals surface area contributed by atoms with E-state index in [4.69, 9.17) is 0 Å². The van der Waals surface area contributed by atoms with Crippen molar-refractivity contribution in [2.45, 2.75) is 20.0 Å². The summed E-state index contributed by atoms with van der Waals surface area (Å²) in [5, 5.41) is 2.84. The van der Waals surface area contributed by atoms with E-state index in [1.54, 1.807) is 42.9 Å². The molecular formula is C22H19N5O3. The number of aromatic nitrogens is 4. The molecule has 4 rings (SSSR count). The van der Waals surface area contributed by atoms with Crippen LogP contribution in [0.25, 0.3) is 11.4 Å². The van der Waals surface area contributed by atoms with Gasteiger partial charge < -0.3 is 9.88 Å². The lowest BCUT2D eigenvalue weighted by atomic mass is 10.2. The van der Waals surface area contributed by atoms with Crippen molar-refractivity contribution in [3.8, 4) is 11.4 Å². The Balaban J connectivity index is 1.66. The van der Waals surface area contributed by atoms with Crippen LogP contribution in [0.1, 0.15) is 11.1 Å². The van der Waals surface area contributed by atoms with E-state index >= 15 is 0 Å². The van der Waals surface area contributed by atoms with E-state index in [0.717, 1.165) is 15.7 Å². The number of hydrogen-bond donors (Lipinski definition) is 1. The molecule has 1 amide bonds. The summed E-state index contributed by atoms with van der Waals surface area (Å²) in [7, 11) is 0. The van der Waals surface area contributed by atoms with Gasteiger partial charge in [0.15, 0.2) is 5.82 Å². The number of carbonyl (C=O) groups excluding carboxylic acids is 1. The maximum absolute atomic E-state index is 12.9. The molecule has 0 aliphatic carbocycles. The zero-order valence-corrected chi connectivity index (χ0v) is 16.3. The number of fused-ring (bicyclic) bond motifs is 1. The number of benzene rings is 1. The third-order valence-electron chi connectivity index (χ3n) is 4.77. The normalized spacial score (nSPS) is 10.8. The van der Waals surface area contributed by atoms with Crippen molar-refractivity contribution in [3.05, 3.63) is 99.1 Å². The van der Waals surface area contributed by atoms with Gasteiger partial charge in [-0.15, -0.1) is 0 Å². The van der Waals surface area contributed by atoms with Gasteiger partial charge in [-0.2, -0.15) is 4.98 Å². The predicted molar refractivity (Wildman–Crippen MR) is 113 cm³/mol. The number of hydrogen-bond acceptors (Lipinski definition) is 5. The number of para-hydroxylation sites is 1. The summed E-state index contributed by atoms with van der Waals surface area (Å²) >= 11 is 0. The quantitative estimate of drug-likeness (QED) is 0.551. The van der Waals surface area contributed by atoms with Gasteiger partial charge in [-0.25, -0.2) is 4.79 Å². The third-order valence-corrected chi connectivity index (χ3v) is 4.77. The summed E-state index contributed by atoms with van der Waals surface area (Å²) in [6.45, 7) is 1.93. The highest BCUT2D eigenvalue weighted by Crippen LogP contribution is 2.16. The van der Waals surface area contributed by atoms with Crippen LogP contribution in [-0.2, 0) is 17.9 Å². The zero-order valence-electron chi connectivity index (χ0n) is 16.3. The van der Waals surface area contributed by atoms with Gasteiger partial charge in [0.05, 0.1) is 12.1 Å². The van der Waals surface area contributed by atoms with Crippen molar-refractivity contribution in [2.75, 3.05) is 5.32 Å². The van der Waals surface area contributed by atoms with Crippen LogP contribution in [-0.4, -0.2) is 25.0 Å². The highest BCUT2D eigenvalue weighted by molar-refractivity contribution is 5.91. The molecule has 0 fully saturated rings. The minimum Gasteiger partial charge on any atom is -0.324 e. The number of carbonyl (C=O) groups is 1. The number of rotatable bonds is 5. The molecule has 8 heteroatoms. The van der Waals surface area contributed by atoms with Crippen LogP contribution < -0.4 is 16.6 Å². The summed E-state index contributed by atoms with van der Waals surface area (Å²) < 4.78 is 2.58. The van der Waals surface area contributed by atoms with E-state index < -0.39 is 11.2 Å². The van der Waals surface area contributed by atoms with E-state index in [-0.39, 0.29) is 30.4 Å². The highest BCUT2D eigenvalue weighted by atomic mass is 16.2. The number of amides is 1. The molecular weight excluding hydrogens is 382 g/mol. The third kappa shape index (κ3) is 3.88. The van der Waals surface area contributed by atoms with E-state index in [1.807, 2.05) is 31.2 Å². The van der Waals surface area contributed by atoms with Crippen molar-refractivity contribution in [1.29, 1.82) is 0 Å². The molecule has 30 heavy (non-hydrogen) atoms. The summed E-state index contributed by atoms with van der Waals surface area (Å²) in [6.07, 6.45) is 4.82. The molecule has 0 bridgehead atoms. The molecule has 2 aromatic rings. The number of pyridine rings is 2. The van der Waals surface area contributed by atoms with E-state index in [0.29, 0.717) is 5.69 Å². The molecule has 1 aromatic heterocycles. The fourth-order valence-corrected chi connectivity index (χ4v) is 3.21. The van der Waals surface area contributed by atoms with Gasteiger partial charge in [0, 0.05) is 24.3 Å². The van der Waals surface area contributed by atoms with Gasteiger partial charge in [-0.1, -0.05) is 18.2 Å². The molecule has 0 saturated carbocycles. The monoisotopic (exact) mass is 401 g/mol. The lowest BCUT2D eigenvalue weighted by Gasteiger charge is -2.15. The van der Waals surface area contributed by atoms with Gasteiger partial charge >= 0.3 is 5.69 Å². The van der Waals surface area contributed by atoms with Gasteiger partial charge in [0.25, 0.3) is 5.56 Å². The van der Waals surface area contributed by atoms with Crippen LogP contribution in [0.15, 0.2) is 76.7 Å². The molecule has 0 unspecified atom stereocenters. The number of anilines is 1. The van der Waals surface area contributed by atoms with E-state index in [9.17, 15) is 14.4 Å². The lowest BCUT2D eigenvalue weighted by molar-refractivity contribution is -0.116. The maximum Gasteiger partial charge on any atom is 0.352 e. The largest absolute Gasteiger partial charge is 0.352 e. The molecule has 0 saturated heterocycles. The summed E-state index contributed by atoms with van der Waals surface area (Å²) in [5.74, 6) is -0.101. The van der Waals surface area contributed by atoms with Crippen LogP contribution in [0, 0.1) is 6.92 Å². The van der Waals surface area contributed by atoms with Crippen molar-refractivity contribution in [1.82, 2.24) is 19.1 Å². The summed E-state index contributed by atoms with van der Waals surface area (Å²) in [6, 6.07) is 14.2. The van der Waals surface area contributed by atoms with Crippen molar-refractivity contribution < 1.29 is 4.79 Å². The Hall–Kier alpha value is -4.07. The fraction of sp³-hybridized carbons (Fsp3) is 0.136. The first-order chi connectivity index (χ1) is 14.5. The second kappa shape index (κ2) is 8.12. The van der Waals surface area contributed by atoms with Crippen LogP contribution >= 0.6 is 0 Å². The molecule has 1 aromatic carbocycles. The van der Waals surface area contributed by atoms with Crippen molar-refractivity contribution >= 4 is 11.6 Å². The Morgan fingerprint density at radius 3 is 2.57 bits per heavy atom. The fourth-order valence-electron chi connectivity index (χ4n) is 3.21. The first-order valence-corrected chi connectivity index (χ1v) is 9.37. The molecule has 0 spiro atoms. The first kappa shape index (κ1) is 19.3. The topological polar surface area (TPSA) is 98.9 Å². The Labute approximate surface area is 171 Å². The Bertz CT molecular complexity index is 1290. The van der Waals surface area contributed by atoms with Crippen LogP contribution in [0.4, 0.5) is 5.69 Å². The standard InChI is InChI=1S/C22H19N5O3/c1-15-5-2-3-7-18(15)24-19(28)14-26-12-4-6-17-20(26)25-22(30)27(21(17)29)13-16-8-10-23-11-9-16/h2-12H,13-14H2,1H3,(H,24,28). The molecule has 8 nitrogen and oxygen atoms in total. The number of nitrogens with zero attached hydrogens (tertiary/aromatic N) is 4. The van der Waals surface area contributed by atoms with Gasteiger partial charge in [-0.05, 0) is 48.4 Å². The minimum absolute atomic E-state index is 0.0775. The van der Waals surface area contributed by atoms with Gasteiger partial charge in [0.1, 0.15) is 6.54 Å². The van der Waals surface area contributed by atoms with Crippen molar-refractivity contribution in [3.63, 3.8) is 0 Å². The van der Waals surface area contributed by atoms with Crippen molar-refractivity contribution in [2.24, 2.45) is 0 Å². The average molecular weight is 401 g/mol. The Kier molecular flexibility index (Phi) is 5.21. The molecule has 0 radical (unpaired) electrons. The molecule has 2 aliphatic heterocycles. The summed E-state index contributed by atoms with van der Waals surface area (Å²) in [4.78, 5) is 46.0. The lowest BCUT2D eigenvalue weighted by Crippen LogP contribution is -2.38. The number of aryl methyl sites for hydroxylation is 1. The first-order valence-electron chi connectivity index (χ1n) is 9.37. The Morgan fingerprint density at radius 1 is 1.03 bits per heavy atom. The second-order valence-corrected chi connectivity index (χ2v) is 6.88. The van der Waals surface area contributed by atoms with Crippen LogP contribution in [0.5, 0.6) is 0 Å². The zero-order chi connectivity index (χ0) is 21.1. The van der Waals surface area contributed by atoms with Crippen LogP contribution in [0.2, 0.25) is 0 Å². The van der Waals surface area contributed by atoms with E-state index in [2.05, 4.69) is 15.3 Å². The minimum atomic E-state index is -0.663. The smallest absolute Gasteiger partial charge is 0.324 e. The van der Waals surface area contributed by atoms with Crippen LogP contribution in [0.3, 0.4) is 0 Å². The van der Waals surface area contributed by atoms with Gasteiger partial charge in [0.2, 0.25) is 5.91 Å². The average Bonchev–Trinajstić information content (AvgIpc) is 2.74. The maximum atomic E-state index is 12.9. The number of nitrogens with one attached hydrogen (secondary N) is 1. The molecule has 1 N–H and O–H groups in total. The van der Waals surface area contributed by atoms with E-state index in [1.165, 1.54) is 4.57 Å². The highest BCUT2D eigenvalue weighted by Gasteiger charge is 2.18. The SMILES string of the molecule is Cc1ccccc1NC(=O)Cn1cccc2c(=O)n(Cc3ccncc3)c(=O)nc1-2. The molecule has 2 aliphatic rings. The van der Waals surface area contributed by atoms with Gasteiger partial charge in [-0.3, -0.25) is 19.1 Å². The second-order valence-electron chi connectivity index (χ2n) is 6.88. The molecule has 0 atom stereocenters. The molecule has 150 valence electrons. The predicted octanol–water partition coefficient (Wildman–Crippen LogP) is 1.90. The summed E-state index contributed by atoms with van der Waals surface area (Å²) in [5.41, 5.74) is 1.58. The Morgan fingerprint density at radius 2 is 1.80 bits per heavy atom. The molecule has 3 heterocycles.